The molecule has 5 rings (SSSR count). The van der Waals surface area contributed by atoms with Gasteiger partial charge in [-0.15, -0.1) is 21.5 Å². The van der Waals surface area contributed by atoms with E-state index in [4.69, 9.17) is 0 Å². The lowest BCUT2D eigenvalue weighted by Crippen LogP contribution is -2.31. The number of halogens is 1. The molecule has 1 aromatic carbocycles. The lowest BCUT2D eigenvalue weighted by atomic mass is 9.89. The average Bonchev–Trinajstić information content (AvgIpc) is 3.38. The number of aryl methyl sites for hydroxylation is 1. The number of carbonyl (C=O) groups is 1. The van der Waals surface area contributed by atoms with Crippen LogP contribution in [0.2, 0.25) is 0 Å². The highest BCUT2D eigenvalue weighted by Gasteiger charge is 2.39. The molecular formula is C21H22FN5OS. The third-order valence-electron chi connectivity index (χ3n) is 5.96. The number of amides is 1. The molecule has 3 aromatic rings. The van der Waals surface area contributed by atoms with Crippen LogP contribution < -0.4 is 5.32 Å². The fourth-order valence-electron chi connectivity index (χ4n) is 4.44. The van der Waals surface area contributed by atoms with Gasteiger partial charge in [-0.3, -0.25) is 9.69 Å². The van der Waals surface area contributed by atoms with E-state index in [2.05, 4.69) is 38.8 Å². The third kappa shape index (κ3) is 3.58. The third-order valence-corrected chi connectivity index (χ3v) is 6.97. The van der Waals surface area contributed by atoms with E-state index in [0.29, 0.717) is 23.3 Å². The van der Waals surface area contributed by atoms with Crippen LogP contribution in [0.5, 0.6) is 0 Å². The SMILES string of the molecule is Cc1ccsc1CN1CC2Cc3nnc(C(=O)Nc4cccc(F)c4)n3CC2C1. The Morgan fingerprint density at radius 2 is 2.10 bits per heavy atom. The van der Waals surface area contributed by atoms with Gasteiger partial charge in [-0.05, 0) is 54.0 Å². The Morgan fingerprint density at radius 1 is 1.24 bits per heavy atom. The van der Waals surface area contributed by atoms with E-state index in [-0.39, 0.29) is 11.7 Å². The fraction of sp³-hybridized carbons (Fsp3) is 0.381. The van der Waals surface area contributed by atoms with Gasteiger partial charge in [0.1, 0.15) is 11.6 Å². The normalized spacial score (nSPS) is 21.0. The standard InChI is InChI=1S/C21H22FN5OS/c1-13-5-6-29-18(13)12-26-9-14-7-19-24-25-20(27(19)11-15(14)10-26)21(28)23-17-4-2-3-16(22)8-17/h2-6,8,14-15H,7,9-12H2,1H3,(H,23,28). The summed E-state index contributed by atoms with van der Waals surface area (Å²) in [6, 6.07) is 8.04. The molecule has 6 nitrogen and oxygen atoms in total. The van der Waals surface area contributed by atoms with Gasteiger partial charge in [0.15, 0.2) is 0 Å². The molecular weight excluding hydrogens is 389 g/mol. The molecule has 150 valence electrons. The van der Waals surface area contributed by atoms with Crippen molar-refractivity contribution in [3.8, 4) is 0 Å². The zero-order valence-electron chi connectivity index (χ0n) is 16.1. The summed E-state index contributed by atoms with van der Waals surface area (Å²) < 4.78 is 15.3. The van der Waals surface area contributed by atoms with Crippen molar-refractivity contribution in [2.24, 2.45) is 11.8 Å². The highest BCUT2D eigenvalue weighted by Crippen LogP contribution is 2.34. The monoisotopic (exact) mass is 411 g/mol. The predicted octanol–water partition coefficient (Wildman–Crippen LogP) is 3.34. The molecule has 0 spiro atoms. The molecule has 2 aliphatic rings. The van der Waals surface area contributed by atoms with Crippen molar-refractivity contribution in [2.45, 2.75) is 26.4 Å². The van der Waals surface area contributed by atoms with E-state index in [1.165, 1.54) is 22.6 Å². The number of nitrogens with one attached hydrogen (secondary N) is 1. The summed E-state index contributed by atoms with van der Waals surface area (Å²) >= 11 is 1.82. The van der Waals surface area contributed by atoms with E-state index >= 15 is 0 Å². The number of fused-ring (bicyclic) bond motifs is 2. The van der Waals surface area contributed by atoms with Gasteiger partial charge in [0.25, 0.3) is 5.91 Å². The highest BCUT2D eigenvalue weighted by molar-refractivity contribution is 7.10. The molecule has 2 unspecified atom stereocenters. The van der Waals surface area contributed by atoms with Gasteiger partial charge in [0.2, 0.25) is 5.82 Å². The van der Waals surface area contributed by atoms with Crippen molar-refractivity contribution >= 4 is 22.9 Å². The van der Waals surface area contributed by atoms with Gasteiger partial charge in [-0.25, -0.2) is 4.39 Å². The summed E-state index contributed by atoms with van der Waals surface area (Å²) in [5.41, 5.74) is 1.78. The van der Waals surface area contributed by atoms with Gasteiger partial charge >= 0.3 is 0 Å². The Morgan fingerprint density at radius 3 is 2.90 bits per heavy atom. The van der Waals surface area contributed by atoms with Crippen LogP contribution in [0.25, 0.3) is 0 Å². The van der Waals surface area contributed by atoms with Gasteiger partial charge < -0.3 is 9.88 Å². The van der Waals surface area contributed by atoms with Crippen LogP contribution in [0.1, 0.15) is 26.9 Å². The Hall–Kier alpha value is -2.58. The maximum atomic E-state index is 13.4. The number of nitrogens with zero attached hydrogens (tertiary/aromatic N) is 4. The average molecular weight is 412 g/mol. The minimum atomic E-state index is -0.388. The maximum absolute atomic E-state index is 13.4. The first kappa shape index (κ1) is 18.4. The van der Waals surface area contributed by atoms with E-state index in [9.17, 15) is 9.18 Å². The molecule has 8 heteroatoms. The number of carbonyl (C=O) groups excluding carboxylic acids is 1. The molecule has 1 saturated heterocycles. The Kier molecular flexibility index (Phi) is 4.67. The smallest absolute Gasteiger partial charge is 0.293 e. The second kappa shape index (κ2) is 7.35. The van der Waals surface area contributed by atoms with Crippen LogP contribution >= 0.6 is 11.3 Å². The van der Waals surface area contributed by atoms with Gasteiger partial charge in [0, 0.05) is 43.2 Å². The van der Waals surface area contributed by atoms with Gasteiger partial charge in [-0.2, -0.15) is 0 Å². The molecule has 4 heterocycles. The van der Waals surface area contributed by atoms with Crippen molar-refractivity contribution in [1.82, 2.24) is 19.7 Å². The van der Waals surface area contributed by atoms with Crippen LogP contribution in [0.4, 0.5) is 10.1 Å². The van der Waals surface area contributed by atoms with Crippen molar-refractivity contribution in [1.29, 1.82) is 0 Å². The number of hydrogen-bond acceptors (Lipinski definition) is 5. The summed E-state index contributed by atoms with van der Waals surface area (Å²) in [5, 5.41) is 13.3. The fourth-order valence-corrected chi connectivity index (χ4v) is 5.39. The summed E-state index contributed by atoms with van der Waals surface area (Å²) in [5.74, 6) is 1.46. The molecule has 0 bridgehead atoms. The first-order chi connectivity index (χ1) is 14.1. The Bertz CT molecular complexity index is 1060. The molecule has 0 radical (unpaired) electrons. The number of likely N-dealkylation sites (tertiary alicyclic amines) is 1. The summed E-state index contributed by atoms with van der Waals surface area (Å²) in [7, 11) is 0. The van der Waals surface area contributed by atoms with Crippen LogP contribution in [-0.4, -0.2) is 38.7 Å². The molecule has 2 aliphatic heterocycles. The zero-order valence-corrected chi connectivity index (χ0v) is 17.0. The number of aromatic nitrogens is 3. The number of hydrogen-bond donors (Lipinski definition) is 1. The van der Waals surface area contributed by atoms with Crippen molar-refractivity contribution in [3.63, 3.8) is 0 Å². The van der Waals surface area contributed by atoms with E-state index in [0.717, 1.165) is 38.4 Å². The molecule has 0 saturated carbocycles. The molecule has 2 aromatic heterocycles. The van der Waals surface area contributed by atoms with Crippen LogP contribution in [0.15, 0.2) is 35.7 Å². The summed E-state index contributed by atoms with van der Waals surface area (Å²) in [4.78, 5) is 16.6. The minimum absolute atomic E-state index is 0.301. The van der Waals surface area contributed by atoms with E-state index in [1.807, 2.05) is 15.9 Å². The largest absolute Gasteiger partial charge is 0.319 e. The number of thiophene rings is 1. The minimum Gasteiger partial charge on any atom is -0.319 e. The summed E-state index contributed by atoms with van der Waals surface area (Å²) in [6.45, 7) is 5.98. The first-order valence-corrected chi connectivity index (χ1v) is 10.7. The molecule has 2 atom stereocenters. The second-order valence-corrected chi connectivity index (χ2v) is 8.96. The van der Waals surface area contributed by atoms with Gasteiger partial charge in [0.05, 0.1) is 0 Å². The number of anilines is 1. The molecule has 1 N–H and O–H groups in total. The number of rotatable bonds is 4. The van der Waals surface area contributed by atoms with Crippen LogP contribution in [-0.2, 0) is 19.5 Å². The van der Waals surface area contributed by atoms with Crippen molar-refractivity contribution < 1.29 is 9.18 Å². The highest BCUT2D eigenvalue weighted by atomic mass is 32.1. The Labute approximate surface area is 172 Å². The molecule has 29 heavy (non-hydrogen) atoms. The van der Waals surface area contributed by atoms with Crippen LogP contribution in [0.3, 0.4) is 0 Å². The van der Waals surface area contributed by atoms with Crippen molar-refractivity contribution in [2.75, 3.05) is 18.4 Å². The van der Waals surface area contributed by atoms with Gasteiger partial charge in [-0.1, -0.05) is 6.07 Å². The molecule has 1 amide bonds. The lowest BCUT2D eigenvalue weighted by molar-refractivity contribution is 0.100. The van der Waals surface area contributed by atoms with Crippen molar-refractivity contribution in [3.05, 3.63) is 63.6 Å². The van der Waals surface area contributed by atoms with Crippen LogP contribution in [0, 0.1) is 24.6 Å². The van der Waals surface area contributed by atoms with E-state index < -0.39 is 0 Å². The number of benzene rings is 1. The Balaban J connectivity index is 1.29. The zero-order chi connectivity index (χ0) is 20.0. The summed E-state index contributed by atoms with van der Waals surface area (Å²) in [6.07, 6.45) is 0.838. The molecule has 1 fully saturated rings. The first-order valence-electron chi connectivity index (χ1n) is 9.81. The predicted molar refractivity (Wildman–Crippen MR) is 109 cm³/mol. The second-order valence-electron chi connectivity index (χ2n) is 7.96. The maximum Gasteiger partial charge on any atom is 0.293 e. The quantitative estimate of drug-likeness (QED) is 0.715. The van der Waals surface area contributed by atoms with E-state index in [1.54, 1.807) is 12.1 Å². The lowest BCUT2D eigenvalue weighted by Gasteiger charge is -2.25. The topological polar surface area (TPSA) is 63.1 Å². The molecule has 0 aliphatic carbocycles.